The molecule has 1 aliphatic carbocycles. The average Bonchev–Trinajstić information content (AvgIpc) is 3.11. The summed E-state index contributed by atoms with van der Waals surface area (Å²) in [6.45, 7) is 4.64. The molecular weight excluding hydrogens is 272 g/mol. The van der Waals surface area contributed by atoms with E-state index in [1.54, 1.807) is 0 Å². The molecule has 4 aliphatic rings. The van der Waals surface area contributed by atoms with Crippen molar-refractivity contribution in [3.63, 3.8) is 0 Å². The van der Waals surface area contributed by atoms with Crippen molar-refractivity contribution < 1.29 is 4.74 Å². The molecule has 2 atom stereocenters. The lowest BCUT2D eigenvalue weighted by atomic mass is 9.84. The Bertz CT molecular complexity index is 464. The Morgan fingerprint density at radius 3 is 2.64 bits per heavy atom. The van der Waals surface area contributed by atoms with Gasteiger partial charge in [-0.15, -0.1) is 0 Å². The maximum atomic E-state index is 6.48. The second kappa shape index (κ2) is 6.67. The quantitative estimate of drug-likeness (QED) is 0.832. The van der Waals surface area contributed by atoms with Crippen LogP contribution in [0.25, 0.3) is 0 Å². The molecule has 0 spiro atoms. The summed E-state index contributed by atoms with van der Waals surface area (Å²) in [5, 5.41) is 0. The second-order valence-corrected chi connectivity index (χ2v) is 7.45. The van der Waals surface area contributed by atoms with Gasteiger partial charge in [0.1, 0.15) is 0 Å². The van der Waals surface area contributed by atoms with Crippen LogP contribution in [0.3, 0.4) is 0 Å². The number of fused-ring (bicyclic) bond motifs is 3. The van der Waals surface area contributed by atoms with E-state index in [0.29, 0.717) is 12.0 Å². The number of ether oxygens (including phenoxy) is 1. The van der Waals surface area contributed by atoms with Gasteiger partial charge in [0, 0.05) is 24.9 Å². The van der Waals surface area contributed by atoms with E-state index in [0.717, 1.165) is 25.0 Å². The Hall–Kier alpha value is -0.930. The molecule has 1 aromatic heterocycles. The molecule has 4 heterocycles. The van der Waals surface area contributed by atoms with Gasteiger partial charge in [-0.3, -0.25) is 4.98 Å². The molecule has 0 radical (unpaired) electrons. The van der Waals surface area contributed by atoms with Crippen molar-refractivity contribution >= 4 is 0 Å². The zero-order valence-electron chi connectivity index (χ0n) is 13.5. The molecule has 1 aromatic rings. The Labute approximate surface area is 134 Å². The summed E-state index contributed by atoms with van der Waals surface area (Å²) < 4.78 is 6.48. The van der Waals surface area contributed by atoms with Crippen LogP contribution in [0.4, 0.5) is 0 Å². The van der Waals surface area contributed by atoms with Crippen LogP contribution in [0.1, 0.15) is 50.0 Å². The van der Waals surface area contributed by atoms with Crippen molar-refractivity contribution in [3.8, 4) is 0 Å². The van der Waals surface area contributed by atoms with Gasteiger partial charge < -0.3 is 9.64 Å². The van der Waals surface area contributed by atoms with Gasteiger partial charge in [-0.2, -0.15) is 0 Å². The maximum absolute atomic E-state index is 6.48. The van der Waals surface area contributed by atoms with Crippen LogP contribution < -0.4 is 0 Å². The molecular formula is C19H28N2O. The summed E-state index contributed by atoms with van der Waals surface area (Å²) in [7, 11) is 0. The number of aromatic nitrogens is 1. The largest absolute Gasteiger partial charge is 0.376 e. The molecule has 22 heavy (non-hydrogen) atoms. The lowest BCUT2D eigenvalue weighted by Crippen LogP contribution is -2.51. The van der Waals surface area contributed by atoms with Gasteiger partial charge in [-0.25, -0.2) is 0 Å². The molecule has 3 nitrogen and oxygen atoms in total. The van der Waals surface area contributed by atoms with E-state index in [1.807, 2.05) is 6.20 Å². The fourth-order valence-electron chi connectivity index (χ4n) is 4.79. The van der Waals surface area contributed by atoms with Gasteiger partial charge in [-0.05, 0) is 62.2 Å². The third kappa shape index (κ3) is 3.07. The fourth-order valence-corrected chi connectivity index (χ4v) is 4.79. The van der Waals surface area contributed by atoms with Crippen LogP contribution in [0.15, 0.2) is 24.5 Å². The number of hydrogen-bond donors (Lipinski definition) is 0. The number of piperidine rings is 3. The van der Waals surface area contributed by atoms with Gasteiger partial charge >= 0.3 is 0 Å². The first-order chi connectivity index (χ1) is 10.9. The minimum absolute atomic E-state index is 0.475. The summed E-state index contributed by atoms with van der Waals surface area (Å²) >= 11 is 0. The molecule has 5 rings (SSSR count). The van der Waals surface area contributed by atoms with Crippen LogP contribution in [-0.2, 0) is 4.74 Å². The second-order valence-electron chi connectivity index (χ2n) is 7.45. The Kier molecular flexibility index (Phi) is 4.44. The Balaban J connectivity index is 1.42. The number of nitrogens with zero attached hydrogens (tertiary/aromatic N) is 2. The normalized spacial score (nSPS) is 33.2. The minimum atomic E-state index is 0.475. The van der Waals surface area contributed by atoms with E-state index in [9.17, 15) is 0 Å². The summed E-state index contributed by atoms with van der Waals surface area (Å²) in [6, 6.07) is 4.32. The van der Waals surface area contributed by atoms with Crippen molar-refractivity contribution in [1.82, 2.24) is 9.88 Å². The molecule has 2 bridgehead atoms. The first-order valence-electron chi connectivity index (χ1n) is 9.14. The molecule has 3 saturated heterocycles. The molecule has 3 heteroatoms. The van der Waals surface area contributed by atoms with Crippen LogP contribution >= 0.6 is 0 Å². The maximum Gasteiger partial charge on any atom is 0.0731 e. The van der Waals surface area contributed by atoms with E-state index in [2.05, 4.69) is 28.2 Å². The third-order valence-electron chi connectivity index (χ3n) is 6.17. The summed E-state index contributed by atoms with van der Waals surface area (Å²) in [6.07, 6.45) is 12.6. The smallest absolute Gasteiger partial charge is 0.0731 e. The first kappa shape index (κ1) is 14.6. The highest BCUT2D eigenvalue weighted by molar-refractivity contribution is 5.16. The van der Waals surface area contributed by atoms with E-state index in [4.69, 9.17) is 4.74 Å². The standard InChI is InChI=1S/C19H28N2O/c1-2-5-15(4-1)18(17-6-3-9-20-12-17)14-22-19-13-21-10-7-16(19)8-11-21/h3,6,9,12,15-16,18-19H,1-2,4-5,7-8,10-11,13-14H2/t18?,19-/m0/s1. The predicted octanol–water partition coefficient (Wildman–Crippen LogP) is 3.47. The molecule has 0 aromatic carbocycles. The molecule has 3 aliphatic heterocycles. The van der Waals surface area contributed by atoms with Gasteiger partial charge in [0.15, 0.2) is 0 Å². The fraction of sp³-hybridized carbons (Fsp3) is 0.737. The van der Waals surface area contributed by atoms with Gasteiger partial charge in [0.05, 0.1) is 12.7 Å². The van der Waals surface area contributed by atoms with E-state index in [-0.39, 0.29) is 0 Å². The first-order valence-corrected chi connectivity index (χ1v) is 9.14. The highest BCUT2D eigenvalue weighted by Crippen LogP contribution is 2.38. The van der Waals surface area contributed by atoms with Crippen LogP contribution in [-0.4, -0.2) is 42.2 Å². The SMILES string of the molecule is c1cncc(C(CO[C@H]2CN3CCC2CC3)C2CCCC2)c1. The predicted molar refractivity (Wildman–Crippen MR) is 87.8 cm³/mol. The molecule has 1 saturated carbocycles. The lowest BCUT2D eigenvalue weighted by Gasteiger charge is -2.45. The summed E-state index contributed by atoms with van der Waals surface area (Å²) in [5.41, 5.74) is 1.38. The number of rotatable bonds is 5. The summed E-state index contributed by atoms with van der Waals surface area (Å²) in [5.74, 6) is 2.15. The Morgan fingerprint density at radius 1 is 1.18 bits per heavy atom. The van der Waals surface area contributed by atoms with Crippen LogP contribution in [0.2, 0.25) is 0 Å². The van der Waals surface area contributed by atoms with Crippen molar-refractivity contribution in [3.05, 3.63) is 30.1 Å². The molecule has 120 valence electrons. The third-order valence-corrected chi connectivity index (χ3v) is 6.17. The topological polar surface area (TPSA) is 25.4 Å². The zero-order chi connectivity index (χ0) is 14.8. The molecule has 1 unspecified atom stereocenters. The highest BCUT2D eigenvalue weighted by Gasteiger charge is 2.36. The van der Waals surface area contributed by atoms with Gasteiger partial charge in [0.2, 0.25) is 0 Å². The average molecular weight is 300 g/mol. The van der Waals surface area contributed by atoms with Gasteiger partial charge in [0.25, 0.3) is 0 Å². The van der Waals surface area contributed by atoms with Gasteiger partial charge in [-0.1, -0.05) is 18.9 Å². The minimum Gasteiger partial charge on any atom is -0.376 e. The van der Waals surface area contributed by atoms with Crippen LogP contribution in [0, 0.1) is 11.8 Å². The van der Waals surface area contributed by atoms with Crippen molar-refractivity contribution in [2.24, 2.45) is 11.8 Å². The summed E-state index contributed by atoms with van der Waals surface area (Å²) in [4.78, 5) is 6.93. The zero-order valence-corrected chi connectivity index (χ0v) is 13.5. The lowest BCUT2D eigenvalue weighted by molar-refractivity contribution is -0.0763. The van der Waals surface area contributed by atoms with Crippen molar-refractivity contribution in [2.45, 2.75) is 50.5 Å². The van der Waals surface area contributed by atoms with Crippen molar-refractivity contribution in [1.29, 1.82) is 0 Å². The van der Waals surface area contributed by atoms with E-state index < -0.39 is 0 Å². The van der Waals surface area contributed by atoms with Crippen LogP contribution in [0.5, 0.6) is 0 Å². The number of hydrogen-bond acceptors (Lipinski definition) is 3. The number of pyridine rings is 1. The highest BCUT2D eigenvalue weighted by atomic mass is 16.5. The van der Waals surface area contributed by atoms with E-state index >= 15 is 0 Å². The van der Waals surface area contributed by atoms with E-state index in [1.165, 1.54) is 57.2 Å². The monoisotopic (exact) mass is 300 g/mol. The molecule has 0 amide bonds. The molecule has 0 N–H and O–H groups in total. The van der Waals surface area contributed by atoms with Crippen molar-refractivity contribution in [2.75, 3.05) is 26.2 Å². The molecule has 4 fully saturated rings. The Morgan fingerprint density at radius 2 is 2.00 bits per heavy atom.